The first kappa shape index (κ1) is 17.7. The Kier molecular flexibility index (Phi) is 5.33. The summed E-state index contributed by atoms with van der Waals surface area (Å²) >= 11 is 6.13. The van der Waals surface area contributed by atoms with Gasteiger partial charge in [0, 0.05) is 23.5 Å². The molecule has 0 aliphatic heterocycles. The maximum Gasteiger partial charge on any atom is 0.305 e. The molecule has 0 saturated carbocycles. The molecule has 2 N–H and O–H groups in total. The van der Waals surface area contributed by atoms with Gasteiger partial charge in [-0.25, -0.2) is 0 Å². The lowest BCUT2D eigenvalue weighted by molar-refractivity contribution is -0.137. The number of nitrogens with one attached hydrogen (secondary N) is 1. The number of amides is 1. The highest BCUT2D eigenvalue weighted by Crippen LogP contribution is 2.16. The van der Waals surface area contributed by atoms with E-state index >= 15 is 0 Å². The molecule has 0 saturated heterocycles. The minimum absolute atomic E-state index is 0.0603. The van der Waals surface area contributed by atoms with Gasteiger partial charge in [0.15, 0.2) is 11.5 Å². The summed E-state index contributed by atoms with van der Waals surface area (Å²) in [5, 5.41) is 20.3. The molecular weight excluding hydrogens is 358 g/mol. The number of rotatable bonds is 7. The summed E-state index contributed by atoms with van der Waals surface area (Å²) in [6.07, 6.45) is 3.24. The van der Waals surface area contributed by atoms with E-state index < -0.39 is 11.9 Å². The summed E-state index contributed by atoms with van der Waals surface area (Å²) in [6, 6.07) is 10.7. The number of hydrogen-bond donors (Lipinski definition) is 2. The van der Waals surface area contributed by atoms with Crippen molar-refractivity contribution in [3.63, 3.8) is 0 Å². The van der Waals surface area contributed by atoms with Crippen LogP contribution in [0.5, 0.6) is 0 Å². The molecule has 8 nitrogen and oxygen atoms in total. The second-order valence-electron chi connectivity index (χ2n) is 5.55. The summed E-state index contributed by atoms with van der Waals surface area (Å²) in [5.74, 6) is -0.945. The third-order valence-electron chi connectivity index (χ3n) is 3.60. The zero-order chi connectivity index (χ0) is 18.5. The number of nitrogens with zero attached hydrogens (tertiary/aromatic N) is 4. The van der Waals surface area contributed by atoms with Crippen LogP contribution in [0.15, 0.2) is 48.8 Å². The minimum Gasteiger partial charge on any atom is -0.481 e. The van der Waals surface area contributed by atoms with E-state index in [4.69, 9.17) is 16.7 Å². The van der Waals surface area contributed by atoms with Gasteiger partial charge in [0.1, 0.15) is 0 Å². The van der Waals surface area contributed by atoms with E-state index in [9.17, 15) is 9.59 Å². The highest BCUT2D eigenvalue weighted by molar-refractivity contribution is 6.31. The van der Waals surface area contributed by atoms with Crippen molar-refractivity contribution in [2.24, 2.45) is 0 Å². The maximum atomic E-state index is 12.2. The Hall–Kier alpha value is -3.13. The topological polar surface area (TPSA) is 102 Å². The fourth-order valence-corrected chi connectivity index (χ4v) is 2.51. The normalized spacial score (nSPS) is 10.7. The second-order valence-corrected chi connectivity index (χ2v) is 5.96. The number of carbonyl (C=O) groups is 2. The van der Waals surface area contributed by atoms with Crippen molar-refractivity contribution < 1.29 is 14.7 Å². The number of hydrogen-bond acceptors (Lipinski definition) is 4. The summed E-state index contributed by atoms with van der Waals surface area (Å²) < 4.78 is 3.08. The SMILES string of the molecule is O=C(O)CCn1ccc(C(=O)Nc2ccn(Cc3ccccc3Cl)n2)n1. The molecule has 1 amide bonds. The van der Waals surface area contributed by atoms with Crippen LogP contribution in [0.3, 0.4) is 0 Å². The lowest BCUT2D eigenvalue weighted by atomic mass is 10.2. The highest BCUT2D eigenvalue weighted by Gasteiger charge is 2.12. The molecule has 0 unspecified atom stereocenters. The van der Waals surface area contributed by atoms with Gasteiger partial charge in [-0.1, -0.05) is 29.8 Å². The third kappa shape index (κ3) is 4.48. The molecule has 0 spiro atoms. The molecule has 1 aromatic carbocycles. The van der Waals surface area contributed by atoms with Gasteiger partial charge < -0.3 is 10.4 Å². The van der Waals surface area contributed by atoms with Gasteiger partial charge in [-0.3, -0.25) is 19.0 Å². The molecular formula is C17H16ClN5O3. The van der Waals surface area contributed by atoms with Crippen LogP contribution in [-0.2, 0) is 17.9 Å². The summed E-state index contributed by atoms with van der Waals surface area (Å²) in [4.78, 5) is 22.8. The van der Waals surface area contributed by atoms with Crippen molar-refractivity contribution in [3.8, 4) is 0 Å². The average molecular weight is 374 g/mol. The van der Waals surface area contributed by atoms with Crippen molar-refractivity contribution in [2.45, 2.75) is 19.5 Å². The lowest BCUT2D eigenvalue weighted by Crippen LogP contribution is -2.14. The summed E-state index contributed by atoms with van der Waals surface area (Å²) in [7, 11) is 0. The first-order valence-electron chi connectivity index (χ1n) is 7.85. The van der Waals surface area contributed by atoms with Crippen molar-refractivity contribution >= 4 is 29.3 Å². The smallest absolute Gasteiger partial charge is 0.305 e. The van der Waals surface area contributed by atoms with Crippen LogP contribution in [0, 0.1) is 0 Å². The number of aromatic nitrogens is 4. The Balaban J connectivity index is 1.61. The summed E-state index contributed by atoms with van der Waals surface area (Å²) in [6.45, 7) is 0.689. The van der Waals surface area contributed by atoms with E-state index in [-0.39, 0.29) is 18.7 Å². The highest BCUT2D eigenvalue weighted by atomic mass is 35.5. The van der Waals surface area contributed by atoms with Crippen LogP contribution in [0.25, 0.3) is 0 Å². The Labute approximate surface area is 154 Å². The number of carboxylic acids is 1. The zero-order valence-corrected chi connectivity index (χ0v) is 14.4. The number of carbonyl (C=O) groups excluding carboxylic acids is 1. The van der Waals surface area contributed by atoms with Crippen molar-refractivity contribution in [1.29, 1.82) is 0 Å². The largest absolute Gasteiger partial charge is 0.481 e. The number of aryl methyl sites for hydroxylation is 1. The van der Waals surface area contributed by atoms with E-state index in [0.717, 1.165) is 5.56 Å². The minimum atomic E-state index is -0.921. The molecule has 2 heterocycles. The predicted molar refractivity (Wildman–Crippen MR) is 95.2 cm³/mol. The molecule has 26 heavy (non-hydrogen) atoms. The molecule has 3 aromatic rings. The first-order valence-corrected chi connectivity index (χ1v) is 8.22. The van der Waals surface area contributed by atoms with Crippen molar-refractivity contribution in [2.75, 3.05) is 5.32 Å². The van der Waals surface area contributed by atoms with Crippen LogP contribution in [0.1, 0.15) is 22.5 Å². The molecule has 0 atom stereocenters. The first-order chi connectivity index (χ1) is 12.5. The summed E-state index contributed by atoms with van der Waals surface area (Å²) in [5.41, 5.74) is 1.11. The number of halogens is 1. The van der Waals surface area contributed by atoms with E-state index in [1.807, 2.05) is 24.3 Å². The van der Waals surface area contributed by atoms with Crippen molar-refractivity contribution in [1.82, 2.24) is 19.6 Å². The fraction of sp³-hybridized carbons (Fsp3) is 0.176. The molecule has 0 radical (unpaired) electrons. The Morgan fingerprint density at radius 3 is 2.62 bits per heavy atom. The Bertz CT molecular complexity index is 934. The molecule has 0 fully saturated rings. The van der Waals surface area contributed by atoms with Crippen LogP contribution >= 0.6 is 11.6 Å². The number of carboxylic acid groups (broad SMARTS) is 1. The monoisotopic (exact) mass is 373 g/mol. The van der Waals surface area contributed by atoms with Crippen LogP contribution in [-0.4, -0.2) is 36.5 Å². The van der Waals surface area contributed by atoms with Gasteiger partial charge in [0.25, 0.3) is 5.91 Å². The molecule has 0 bridgehead atoms. The molecule has 2 aromatic heterocycles. The van der Waals surface area contributed by atoms with Crippen molar-refractivity contribution in [3.05, 3.63) is 65.1 Å². The zero-order valence-electron chi connectivity index (χ0n) is 13.7. The second kappa shape index (κ2) is 7.83. The predicted octanol–water partition coefficient (Wildman–Crippen LogP) is 2.51. The third-order valence-corrected chi connectivity index (χ3v) is 3.97. The Morgan fingerprint density at radius 2 is 1.85 bits per heavy atom. The van der Waals surface area contributed by atoms with E-state index in [1.54, 1.807) is 23.1 Å². The van der Waals surface area contributed by atoms with Gasteiger partial charge in [-0.05, 0) is 17.7 Å². The lowest BCUT2D eigenvalue weighted by Gasteiger charge is -2.04. The standard InChI is InChI=1S/C17H16ClN5O3/c18-13-4-2-1-3-12(13)11-23-9-6-15(21-23)19-17(26)14-5-8-22(20-14)10-7-16(24)25/h1-6,8-9H,7,10-11H2,(H,24,25)(H,19,21,26). The molecule has 9 heteroatoms. The van der Waals surface area contributed by atoms with Crippen LogP contribution < -0.4 is 5.32 Å². The van der Waals surface area contributed by atoms with E-state index in [0.29, 0.717) is 17.4 Å². The van der Waals surface area contributed by atoms with Gasteiger partial charge in [-0.15, -0.1) is 0 Å². The molecule has 3 rings (SSSR count). The van der Waals surface area contributed by atoms with E-state index in [2.05, 4.69) is 15.5 Å². The van der Waals surface area contributed by atoms with Crippen LogP contribution in [0.2, 0.25) is 5.02 Å². The number of anilines is 1. The Morgan fingerprint density at radius 1 is 1.08 bits per heavy atom. The molecule has 134 valence electrons. The fourth-order valence-electron chi connectivity index (χ4n) is 2.32. The number of benzene rings is 1. The quantitative estimate of drug-likeness (QED) is 0.662. The van der Waals surface area contributed by atoms with E-state index in [1.165, 1.54) is 10.7 Å². The van der Waals surface area contributed by atoms with Gasteiger partial charge in [0.2, 0.25) is 0 Å². The maximum absolute atomic E-state index is 12.2. The molecule has 0 aliphatic rings. The number of aliphatic carboxylic acids is 1. The average Bonchev–Trinajstić information content (AvgIpc) is 3.24. The molecule has 0 aliphatic carbocycles. The van der Waals surface area contributed by atoms with Gasteiger partial charge in [-0.2, -0.15) is 10.2 Å². The van der Waals surface area contributed by atoms with Crippen LogP contribution in [0.4, 0.5) is 5.82 Å². The van der Waals surface area contributed by atoms with Gasteiger partial charge >= 0.3 is 5.97 Å². The van der Waals surface area contributed by atoms with Gasteiger partial charge in [0.05, 0.1) is 19.5 Å².